The largest absolute Gasteiger partial charge is 0.470 e. The Kier molecular flexibility index (Phi) is 4.19. The summed E-state index contributed by atoms with van der Waals surface area (Å²) < 4.78 is 16.9. The van der Waals surface area contributed by atoms with Gasteiger partial charge in [0.1, 0.15) is 24.3 Å². The van der Waals surface area contributed by atoms with Crippen molar-refractivity contribution in [3.8, 4) is 0 Å². The second kappa shape index (κ2) is 6.50. The molecule has 0 radical (unpaired) electrons. The number of hydrogen-bond acceptors (Lipinski definition) is 6. The first-order valence-corrected chi connectivity index (χ1v) is 8.38. The third-order valence-electron chi connectivity index (χ3n) is 4.61. The summed E-state index contributed by atoms with van der Waals surface area (Å²) >= 11 is 0. The number of carbonyl (C=O) groups is 1. The second-order valence-corrected chi connectivity index (χ2v) is 6.54. The van der Waals surface area contributed by atoms with Gasteiger partial charge in [-0.3, -0.25) is 4.79 Å². The number of hydrogen-bond donors (Lipinski definition) is 0. The molecule has 7 heteroatoms. The molecule has 2 saturated heterocycles. The Hall–Kier alpha value is -2.38. The molecule has 0 saturated carbocycles. The number of morpholine rings is 1. The van der Waals surface area contributed by atoms with Crippen LogP contribution in [0.1, 0.15) is 5.69 Å². The number of anilines is 2. The lowest BCUT2D eigenvalue weighted by atomic mass is 10.0. The molecule has 2 aliphatic rings. The lowest BCUT2D eigenvalue weighted by Crippen LogP contribution is -2.61. The van der Waals surface area contributed by atoms with E-state index < -0.39 is 5.60 Å². The fourth-order valence-corrected chi connectivity index (χ4v) is 3.35. The fourth-order valence-electron chi connectivity index (χ4n) is 3.35. The third kappa shape index (κ3) is 3.25. The Morgan fingerprint density at radius 3 is 2.96 bits per heavy atom. The van der Waals surface area contributed by atoms with Crippen LogP contribution in [-0.4, -0.2) is 55.9 Å². The van der Waals surface area contributed by atoms with Gasteiger partial charge < -0.3 is 23.7 Å². The van der Waals surface area contributed by atoms with Gasteiger partial charge in [0, 0.05) is 18.3 Å². The number of ether oxygens (including phenoxy) is 2. The first-order chi connectivity index (χ1) is 12.2. The van der Waals surface area contributed by atoms with E-state index in [-0.39, 0.29) is 12.5 Å². The maximum absolute atomic E-state index is 12.3. The summed E-state index contributed by atoms with van der Waals surface area (Å²) in [5.74, 6) is 0.830. The molecule has 0 aliphatic carbocycles. The molecule has 1 spiro atoms. The van der Waals surface area contributed by atoms with E-state index in [4.69, 9.17) is 13.9 Å². The molecule has 7 nitrogen and oxygen atoms in total. The molecule has 2 aromatic rings. The van der Waals surface area contributed by atoms with Crippen LogP contribution in [0.15, 0.2) is 41.2 Å². The fraction of sp³-hybridized carbons (Fsp3) is 0.444. The summed E-state index contributed by atoms with van der Waals surface area (Å²) in [7, 11) is 0. The topological polar surface area (TPSA) is 68.0 Å². The zero-order chi connectivity index (χ0) is 17.3. The minimum atomic E-state index is -0.590. The van der Waals surface area contributed by atoms with E-state index in [1.807, 2.05) is 25.1 Å². The monoisotopic (exact) mass is 343 g/mol. The summed E-state index contributed by atoms with van der Waals surface area (Å²) in [5, 5.41) is 0. The lowest BCUT2D eigenvalue weighted by Gasteiger charge is -2.42. The van der Waals surface area contributed by atoms with Crippen molar-refractivity contribution >= 4 is 17.4 Å². The van der Waals surface area contributed by atoms with E-state index in [9.17, 15) is 4.79 Å². The number of furan rings is 1. The normalized spacial score (nSPS) is 24.6. The molecule has 0 unspecified atom stereocenters. The van der Waals surface area contributed by atoms with Crippen LogP contribution in [-0.2, 0) is 14.3 Å². The molecule has 132 valence electrons. The highest BCUT2D eigenvalue weighted by atomic mass is 16.6. The van der Waals surface area contributed by atoms with Gasteiger partial charge in [-0.15, -0.1) is 0 Å². The van der Waals surface area contributed by atoms with Crippen molar-refractivity contribution in [2.45, 2.75) is 12.5 Å². The van der Waals surface area contributed by atoms with Crippen LogP contribution in [0, 0.1) is 6.92 Å². The maximum Gasteiger partial charge on any atom is 0.253 e. The van der Waals surface area contributed by atoms with E-state index in [0.717, 1.165) is 23.7 Å². The Labute approximate surface area is 146 Å². The Morgan fingerprint density at radius 2 is 2.16 bits per heavy atom. The molecule has 4 rings (SSSR count). The highest BCUT2D eigenvalue weighted by molar-refractivity contribution is 5.95. The van der Waals surface area contributed by atoms with Gasteiger partial charge in [-0.1, -0.05) is 6.07 Å². The summed E-state index contributed by atoms with van der Waals surface area (Å²) in [6, 6.07) is 7.76. The van der Waals surface area contributed by atoms with Gasteiger partial charge in [-0.2, -0.15) is 0 Å². The number of rotatable bonds is 2. The van der Waals surface area contributed by atoms with Crippen molar-refractivity contribution in [2.24, 2.45) is 0 Å². The number of nitrogens with zero attached hydrogens (tertiary/aromatic N) is 3. The second-order valence-electron chi connectivity index (χ2n) is 6.54. The van der Waals surface area contributed by atoms with Gasteiger partial charge >= 0.3 is 0 Å². The van der Waals surface area contributed by atoms with Crippen LogP contribution in [0.2, 0.25) is 0 Å². The molecular weight excluding hydrogens is 322 g/mol. The third-order valence-corrected chi connectivity index (χ3v) is 4.61. The molecule has 2 aliphatic heterocycles. The maximum atomic E-state index is 12.3. The van der Waals surface area contributed by atoms with E-state index in [1.165, 1.54) is 0 Å². The van der Waals surface area contributed by atoms with Gasteiger partial charge in [0.25, 0.3) is 5.91 Å². The van der Waals surface area contributed by atoms with E-state index in [0.29, 0.717) is 26.3 Å². The number of aromatic nitrogens is 1. The first-order valence-electron chi connectivity index (χ1n) is 8.38. The predicted molar refractivity (Wildman–Crippen MR) is 91.8 cm³/mol. The predicted octanol–water partition coefficient (Wildman–Crippen LogP) is 1.62. The van der Waals surface area contributed by atoms with Gasteiger partial charge in [-0.05, 0) is 19.1 Å². The molecule has 1 amide bonds. The SMILES string of the molecule is Cc1cccc(N2CCOC[C@@]3(C2)CN(c2ccoc2)C(=O)CO3)n1. The average molecular weight is 343 g/mol. The highest BCUT2D eigenvalue weighted by Crippen LogP contribution is 2.28. The van der Waals surface area contributed by atoms with Crippen molar-refractivity contribution in [2.75, 3.05) is 49.3 Å². The van der Waals surface area contributed by atoms with Crippen LogP contribution >= 0.6 is 0 Å². The molecule has 0 N–H and O–H groups in total. The quantitative estimate of drug-likeness (QED) is 0.825. The molecule has 1 atom stereocenters. The zero-order valence-corrected chi connectivity index (χ0v) is 14.2. The standard InChI is InChI=1S/C18H21N3O4/c1-14-3-2-4-16(19-14)20-6-8-24-13-18(11-20)12-21(17(22)10-25-18)15-5-7-23-9-15/h2-5,7,9H,6,8,10-13H2,1H3/t18-/m1/s1. The van der Waals surface area contributed by atoms with E-state index in [2.05, 4.69) is 9.88 Å². The van der Waals surface area contributed by atoms with Crippen LogP contribution in [0.4, 0.5) is 11.5 Å². The molecule has 4 heterocycles. The summed E-state index contributed by atoms with van der Waals surface area (Å²) in [4.78, 5) is 20.8. The minimum absolute atomic E-state index is 0.0314. The zero-order valence-electron chi connectivity index (χ0n) is 14.2. The van der Waals surface area contributed by atoms with Gasteiger partial charge in [-0.25, -0.2) is 4.98 Å². The number of carbonyl (C=O) groups excluding carboxylic acids is 1. The minimum Gasteiger partial charge on any atom is -0.470 e. The number of aryl methyl sites for hydroxylation is 1. The van der Waals surface area contributed by atoms with Crippen molar-refractivity contribution in [3.05, 3.63) is 42.5 Å². The van der Waals surface area contributed by atoms with Crippen molar-refractivity contribution < 1.29 is 18.7 Å². The van der Waals surface area contributed by atoms with Crippen LogP contribution in [0.25, 0.3) is 0 Å². The van der Waals surface area contributed by atoms with Crippen LogP contribution in [0.5, 0.6) is 0 Å². The van der Waals surface area contributed by atoms with Crippen molar-refractivity contribution in [3.63, 3.8) is 0 Å². The summed E-state index contributed by atoms with van der Waals surface area (Å²) in [6.45, 7) is 4.82. The average Bonchev–Trinajstić information content (AvgIpc) is 3.06. The van der Waals surface area contributed by atoms with Gasteiger partial charge in [0.05, 0.1) is 38.3 Å². The Morgan fingerprint density at radius 1 is 1.24 bits per heavy atom. The lowest BCUT2D eigenvalue weighted by molar-refractivity contribution is -0.143. The summed E-state index contributed by atoms with van der Waals surface area (Å²) in [6.07, 6.45) is 3.14. The van der Waals surface area contributed by atoms with Crippen molar-refractivity contribution in [1.29, 1.82) is 0 Å². The highest BCUT2D eigenvalue weighted by Gasteiger charge is 2.43. The molecule has 25 heavy (non-hydrogen) atoms. The number of amides is 1. The van der Waals surface area contributed by atoms with Crippen LogP contribution in [0.3, 0.4) is 0 Å². The molecule has 2 aromatic heterocycles. The molecular formula is C18H21N3O4. The van der Waals surface area contributed by atoms with Crippen LogP contribution < -0.4 is 9.80 Å². The first kappa shape index (κ1) is 16.1. The van der Waals surface area contributed by atoms with E-state index in [1.54, 1.807) is 23.5 Å². The molecule has 2 fully saturated rings. The van der Waals surface area contributed by atoms with Gasteiger partial charge in [0.2, 0.25) is 0 Å². The number of pyridine rings is 1. The Bertz CT molecular complexity index is 749. The van der Waals surface area contributed by atoms with Gasteiger partial charge in [0.15, 0.2) is 0 Å². The molecule has 0 aromatic carbocycles. The van der Waals surface area contributed by atoms with Crippen molar-refractivity contribution in [1.82, 2.24) is 4.98 Å². The molecule has 0 bridgehead atoms. The summed E-state index contributed by atoms with van der Waals surface area (Å²) in [5.41, 5.74) is 1.13. The Balaban J connectivity index is 1.60. The van der Waals surface area contributed by atoms with E-state index >= 15 is 0 Å². The smallest absolute Gasteiger partial charge is 0.253 e.